The first-order chi connectivity index (χ1) is 6.45. The summed E-state index contributed by atoms with van der Waals surface area (Å²) in [5.74, 6) is -0.440. The lowest BCUT2D eigenvalue weighted by Gasteiger charge is -2.11. The Labute approximate surface area is 84.6 Å². The van der Waals surface area contributed by atoms with Crippen LogP contribution in [0.15, 0.2) is 0 Å². The number of primary amides is 1. The Bertz CT molecular complexity index is 204. The van der Waals surface area contributed by atoms with Gasteiger partial charge in [-0.15, -0.1) is 0 Å². The molecule has 0 aliphatic rings. The number of rotatable bonds is 6. The molecule has 0 bridgehead atoms. The molecular formula is C9H19N3O2. The second kappa shape index (κ2) is 6.37. The number of hydrogen-bond donors (Lipinski definition) is 2. The van der Waals surface area contributed by atoms with Crippen molar-refractivity contribution in [2.24, 2.45) is 11.7 Å². The van der Waals surface area contributed by atoms with Crippen molar-refractivity contribution in [1.82, 2.24) is 10.2 Å². The van der Waals surface area contributed by atoms with Gasteiger partial charge in [-0.3, -0.25) is 9.59 Å². The summed E-state index contributed by atoms with van der Waals surface area (Å²) in [6, 6.07) is 0. The van der Waals surface area contributed by atoms with Gasteiger partial charge in [0.2, 0.25) is 11.8 Å². The molecule has 0 aromatic rings. The molecule has 82 valence electrons. The average molecular weight is 201 g/mol. The molecule has 0 aliphatic heterocycles. The molecule has 0 aromatic carbocycles. The number of hydrogen-bond acceptors (Lipinski definition) is 3. The molecule has 5 heteroatoms. The van der Waals surface area contributed by atoms with Crippen molar-refractivity contribution >= 4 is 11.8 Å². The summed E-state index contributed by atoms with van der Waals surface area (Å²) in [5, 5.41) is 3.00. The van der Waals surface area contributed by atoms with Crippen LogP contribution in [0.5, 0.6) is 0 Å². The lowest BCUT2D eigenvalue weighted by atomic mass is 10.2. The van der Waals surface area contributed by atoms with Crippen LogP contribution < -0.4 is 11.1 Å². The summed E-state index contributed by atoms with van der Waals surface area (Å²) < 4.78 is 0. The van der Waals surface area contributed by atoms with Crippen molar-refractivity contribution in [3.8, 4) is 0 Å². The van der Waals surface area contributed by atoms with Crippen molar-refractivity contribution in [1.29, 1.82) is 0 Å². The third-order valence-corrected chi connectivity index (χ3v) is 1.95. The van der Waals surface area contributed by atoms with E-state index in [1.54, 1.807) is 25.9 Å². The molecule has 0 aliphatic carbocycles. The molecule has 0 radical (unpaired) electrons. The first-order valence-electron chi connectivity index (χ1n) is 4.65. The summed E-state index contributed by atoms with van der Waals surface area (Å²) in [6.07, 6.45) is 0.443. The van der Waals surface area contributed by atoms with Gasteiger partial charge in [-0.25, -0.2) is 0 Å². The maximum Gasteiger partial charge on any atom is 0.223 e. The van der Waals surface area contributed by atoms with Gasteiger partial charge in [0.25, 0.3) is 0 Å². The van der Waals surface area contributed by atoms with Crippen molar-refractivity contribution in [2.45, 2.75) is 13.3 Å². The highest BCUT2D eigenvalue weighted by Gasteiger charge is 2.08. The lowest BCUT2D eigenvalue weighted by molar-refractivity contribution is -0.128. The monoisotopic (exact) mass is 201 g/mol. The normalized spacial score (nSPS) is 12.2. The maximum atomic E-state index is 11.1. The number of nitrogens with two attached hydrogens (primary N) is 1. The minimum atomic E-state index is -0.323. The molecule has 3 N–H and O–H groups in total. The highest BCUT2D eigenvalue weighted by atomic mass is 16.2. The number of amides is 2. The minimum Gasteiger partial charge on any atom is -0.369 e. The van der Waals surface area contributed by atoms with E-state index in [9.17, 15) is 9.59 Å². The molecule has 0 heterocycles. The second-order valence-electron chi connectivity index (χ2n) is 3.55. The van der Waals surface area contributed by atoms with Gasteiger partial charge in [0.15, 0.2) is 0 Å². The number of nitrogens with zero attached hydrogens (tertiary/aromatic N) is 1. The Morgan fingerprint density at radius 3 is 2.43 bits per heavy atom. The third kappa shape index (κ3) is 5.53. The van der Waals surface area contributed by atoms with Crippen molar-refractivity contribution in [3.05, 3.63) is 0 Å². The average Bonchev–Trinajstić information content (AvgIpc) is 2.11. The zero-order valence-corrected chi connectivity index (χ0v) is 9.04. The Hall–Kier alpha value is -1.10. The first-order valence-corrected chi connectivity index (χ1v) is 4.65. The maximum absolute atomic E-state index is 11.1. The van der Waals surface area contributed by atoms with Gasteiger partial charge in [-0.2, -0.15) is 0 Å². The molecule has 5 nitrogen and oxygen atoms in total. The van der Waals surface area contributed by atoms with Crippen LogP contribution in [0, 0.1) is 5.92 Å². The predicted octanol–water partition coefficient (Wildman–Crippen LogP) is -0.824. The van der Waals surface area contributed by atoms with Gasteiger partial charge in [-0.1, -0.05) is 6.92 Å². The Kier molecular flexibility index (Phi) is 5.87. The molecule has 0 saturated carbocycles. The number of nitrogens with one attached hydrogen (secondary N) is 1. The summed E-state index contributed by atoms with van der Waals surface area (Å²) in [6.45, 7) is 2.85. The fraction of sp³-hybridized carbons (Fsp3) is 0.778. The fourth-order valence-electron chi connectivity index (χ4n) is 0.838. The van der Waals surface area contributed by atoms with Crippen LogP contribution in [-0.4, -0.2) is 43.9 Å². The van der Waals surface area contributed by atoms with Crippen molar-refractivity contribution < 1.29 is 9.59 Å². The zero-order valence-electron chi connectivity index (χ0n) is 9.04. The number of carbonyl (C=O) groups is 2. The van der Waals surface area contributed by atoms with Crippen LogP contribution in [0.25, 0.3) is 0 Å². The van der Waals surface area contributed by atoms with Crippen LogP contribution in [0.4, 0.5) is 0 Å². The van der Waals surface area contributed by atoms with Crippen molar-refractivity contribution in [3.63, 3.8) is 0 Å². The van der Waals surface area contributed by atoms with Gasteiger partial charge < -0.3 is 16.0 Å². The van der Waals surface area contributed by atoms with Gasteiger partial charge >= 0.3 is 0 Å². The Morgan fingerprint density at radius 1 is 1.43 bits per heavy atom. The molecule has 0 saturated heterocycles. The SMILES string of the molecule is CC(CNCCC(=O)N(C)C)C(N)=O. The molecule has 0 fully saturated rings. The summed E-state index contributed by atoms with van der Waals surface area (Å²) in [5.41, 5.74) is 5.07. The molecule has 1 unspecified atom stereocenters. The van der Waals surface area contributed by atoms with E-state index in [1.165, 1.54) is 0 Å². The smallest absolute Gasteiger partial charge is 0.223 e. The van der Waals surface area contributed by atoms with Crippen LogP contribution in [0.2, 0.25) is 0 Å². The molecule has 0 rings (SSSR count). The molecule has 0 aromatic heterocycles. The van der Waals surface area contributed by atoms with Crippen LogP contribution in [-0.2, 0) is 9.59 Å². The largest absolute Gasteiger partial charge is 0.369 e. The van der Waals surface area contributed by atoms with E-state index in [0.29, 0.717) is 19.5 Å². The Balaban J connectivity index is 3.47. The molecule has 1 atom stereocenters. The van der Waals surface area contributed by atoms with Crippen LogP contribution in [0.3, 0.4) is 0 Å². The summed E-state index contributed by atoms with van der Waals surface area (Å²) in [4.78, 5) is 23.3. The van der Waals surface area contributed by atoms with E-state index < -0.39 is 0 Å². The van der Waals surface area contributed by atoms with Crippen molar-refractivity contribution in [2.75, 3.05) is 27.2 Å². The fourth-order valence-corrected chi connectivity index (χ4v) is 0.838. The lowest BCUT2D eigenvalue weighted by Crippen LogP contribution is -2.33. The van der Waals surface area contributed by atoms with Crippen LogP contribution >= 0.6 is 0 Å². The van der Waals surface area contributed by atoms with E-state index in [2.05, 4.69) is 5.32 Å². The number of carbonyl (C=O) groups excluding carboxylic acids is 2. The molecule has 14 heavy (non-hydrogen) atoms. The standard InChI is InChI=1S/C9H19N3O2/c1-7(9(10)14)6-11-5-4-8(13)12(2)3/h7,11H,4-6H2,1-3H3,(H2,10,14). The quantitative estimate of drug-likeness (QED) is 0.551. The second-order valence-corrected chi connectivity index (χ2v) is 3.55. The zero-order chi connectivity index (χ0) is 11.1. The van der Waals surface area contributed by atoms with Gasteiger partial charge in [0, 0.05) is 39.5 Å². The van der Waals surface area contributed by atoms with Crippen LogP contribution in [0.1, 0.15) is 13.3 Å². The minimum absolute atomic E-state index is 0.0734. The van der Waals surface area contributed by atoms with Gasteiger partial charge in [-0.05, 0) is 0 Å². The van der Waals surface area contributed by atoms with E-state index >= 15 is 0 Å². The molecule has 0 spiro atoms. The highest BCUT2D eigenvalue weighted by Crippen LogP contribution is 1.90. The van der Waals surface area contributed by atoms with Gasteiger partial charge in [0.1, 0.15) is 0 Å². The molecule has 2 amide bonds. The predicted molar refractivity (Wildman–Crippen MR) is 54.5 cm³/mol. The summed E-state index contributed by atoms with van der Waals surface area (Å²) in [7, 11) is 3.43. The third-order valence-electron chi connectivity index (χ3n) is 1.95. The van der Waals surface area contributed by atoms with Gasteiger partial charge in [0.05, 0.1) is 0 Å². The molecular weight excluding hydrogens is 182 g/mol. The van der Waals surface area contributed by atoms with E-state index in [0.717, 1.165) is 0 Å². The highest BCUT2D eigenvalue weighted by molar-refractivity contribution is 5.76. The van der Waals surface area contributed by atoms with E-state index in [4.69, 9.17) is 5.73 Å². The Morgan fingerprint density at radius 2 is 2.00 bits per heavy atom. The summed E-state index contributed by atoms with van der Waals surface area (Å²) >= 11 is 0. The first kappa shape index (κ1) is 12.9. The van der Waals surface area contributed by atoms with E-state index in [1.807, 2.05) is 0 Å². The topological polar surface area (TPSA) is 75.4 Å². The van der Waals surface area contributed by atoms with E-state index in [-0.39, 0.29) is 17.7 Å².